The van der Waals surface area contributed by atoms with Gasteiger partial charge in [0.2, 0.25) is 0 Å². The number of esters is 3. The lowest BCUT2D eigenvalue weighted by Crippen LogP contribution is -2.51. The van der Waals surface area contributed by atoms with Gasteiger partial charge in [-0.1, -0.05) is 42.5 Å². The highest BCUT2D eigenvalue weighted by Gasteiger charge is 2.60. The smallest absolute Gasteiger partial charge is 0.407 e. The van der Waals surface area contributed by atoms with Gasteiger partial charge in [-0.05, 0) is 227 Å². The molecule has 106 heavy (non-hydrogen) atoms. The number of halogens is 2. The Morgan fingerprint density at radius 3 is 1.28 bits per heavy atom. The molecule has 13 rings (SSSR count). The minimum atomic E-state index is -3.16. The summed E-state index contributed by atoms with van der Waals surface area (Å²) < 4.78 is 81.0. The molecule has 0 spiro atoms. The number of nitrogens with zero attached hydrogens (tertiary/aromatic N) is 2. The van der Waals surface area contributed by atoms with Gasteiger partial charge in [0.05, 0.1) is 80.2 Å². The Morgan fingerprint density at radius 2 is 0.906 bits per heavy atom. The van der Waals surface area contributed by atoms with Gasteiger partial charge in [-0.15, -0.1) is 0 Å². The molecule has 3 saturated heterocycles. The van der Waals surface area contributed by atoms with Crippen LogP contribution in [-0.2, 0) is 72.2 Å². The average molecular weight is 1490 g/mol. The van der Waals surface area contributed by atoms with E-state index in [1.54, 1.807) is 79.1 Å². The quantitative estimate of drug-likeness (QED) is 0.0351. The number of rotatable bonds is 18. The van der Waals surface area contributed by atoms with Crippen LogP contribution in [0.1, 0.15) is 144 Å². The van der Waals surface area contributed by atoms with Gasteiger partial charge >= 0.3 is 55.7 Å². The summed E-state index contributed by atoms with van der Waals surface area (Å²) in [5.74, 6) is -3.75. The third-order valence-electron chi connectivity index (χ3n) is 23.1. The van der Waals surface area contributed by atoms with Gasteiger partial charge in [-0.3, -0.25) is 38.5 Å². The first-order valence-corrected chi connectivity index (χ1v) is 39.4. The van der Waals surface area contributed by atoms with Gasteiger partial charge < -0.3 is 63.6 Å². The summed E-state index contributed by atoms with van der Waals surface area (Å²) in [5.41, 5.74) is 4.64. The minimum Gasteiger partial charge on any atom is -0.481 e. The number of ether oxygens (including phenoxy) is 6. The molecule has 24 nitrogen and oxygen atoms in total. The van der Waals surface area contributed by atoms with Crippen molar-refractivity contribution >= 4 is 61.8 Å². The number of cyclic esters (lactones) is 3. The first-order valence-electron chi connectivity index (χ1n) is 37.7. The van der Waals surface area contributed by atoms with Gasteiger partial charge in [0.25, 0.3) is 0 Å². The van der Waals surface area contributed by atoms with E-state index in [1.165, 1.54) is 24.3 Å². The average Bonchev–Trinajstić information content (AvgIpc) is 1.56. The number of alkyl carbamates (subject to hydrolysis) is 3. The van der Waals surface area contributed by atoms with Crippen LogP contribution in [0.25, 0.3) is 28.3 Å². The summed E-state index contributed by atoms with van der Waals surface area (Å²) in [6.45, 7) is 16.1. The summed E-state index contributed by atoms with van der Waals surface area (Å²) in [4.78, 5) is 105. The molecule has 0 unspecified atom stereocenters. The Labute approximate surface area is 617 Å². The number of allylic oxidation sites excluding steroid dienone is 1. The number of fused-ring (bicyclic) bond motifs is 6. The molecule has 4 aromatic rings. The van der Waals surface area contributed by atoms with Gasteiger partial charge in [-0.25, -0.2) is 23.2 Å². The lowest BCUT2D eigenvalue weighted by molar-refractivity contribution is -0.154. The molecule has 0 radical (unpaired) electrons. The minimum absolute atomic E-state index is 0.0221. The van der Waals surface area contributed by atoms with Crippen molar-refractivity contribution in [2.24, 2.45) is 88.8 Å². The molecule has 0 bridgehead atoms. The summed E-state index contributed by atoms with van der Waals surface area (Å²) >= 11 is 0. The molecule has 5 N–H and O–H groups in total. The fourth-order valence-corrected chi connectivity index (χ4v) is 20.5. The van der Waals surface area contributed by atoms with Crippen LogP contribution in [0, 0.1) is 100 Å². The van der Waals surface area contributed by atoms with E-state index in [-0.39, 0.29) is 143 Å². The largest absolute Gasteiger partial charge is 0.481 e. The molecule has 9 aliphatic rings. The summed E-state index contributed by atoms with van der Waals surface area (Å²) in [6, 6.07) is 20.3. The fourth-order valence-electron chi connectivity index (χ4n) is 18.9. The Morgan fingerprint density at radius 1 is 0.509 bits per heavy atom. The Balaban J connectivity index is 0.000000155. The van der Waals surface area contributed by atoms with Crippen LogP contribution in [0.5, 0.6) is 0 Å². The normalized spacial score (nSPS) is 31.6. The number of hydrogen-bond acceptors (Lipinski definition) is 19. The van der Waals surface area contributed by atoms with E-state index in [9.17, 15) is 61.9 Å². The zero-order valence-corrected chi connectivity index (χ0v) is 62.4. The zero-order valence-electron chi connectivity index (χ0n) is 61.5. The van der Waals surface area contributed by atoms with Gasteiger partial charge in [-0.2, -0.15) is 0 Å². The van der Waals surface area contributed by atoms with Crippen molar-refractivity contribution in [1.29, 1.82) is 0 Å². The molecule has 576 valence electrons. The van der Waals surface area contributed by atoms with E-state index in [0.29, 0.717) is 76.2 Å². The number of pyridine rings is 2. The number of nitrogens with one attached hydrogen (secondary N) is 3. The topological polar surface area (TPSA) is 330 Å². The highest BCUT2D eigenvalue weighted by molar-refractivity contribution is 7.53. The molecule has 6 saturated carbocycles. The maximum absolute atomic E-state index is 13.6. The summed E-state index contributed by atoms with van der Waals surface area (Å²) in [5, 5.41) is 28.2. The van der Waals surface area contributed by atoms with Crippen LogP contribution in [0.2, 0.25) is 0 Å². The predicted octanol–water partition coefficient (Wildman–Crippen LogP) is 13.9. The first-order chi connectivity index (χ1) is 50.8. The molecule has 3 aliphatic heterocycles. The van der Waals surface area contributed by atoms with Crippen molar-refractivity contribution in [1.82, 2.24) is 25.9 Å². The number of carbonyl (C=O) groups is 8. The van der Waals surface area contributed by atoms with Crippen molar-refractivity contribution in [2.75, 3.05) is 33.0 Å². The number of aliphatic carboxylic acids is 2. The number of amides is 3. The molecule has 3 amide bonds. The van der Waals surface area contributed by atoms with Crippen molar-refractivity contribution in [2.45, 2.75) is 175 Å². The van der Waals surface area contributed by atoms with Gasteiger partial charge in [0.1, 0.15) is 29.9 Å². The molecule has 5 heterocycles. The van der Waals surface area contributed by atoms with Crippen molar-refractivity contribution in [3.8, 4) is 22.3 Å². The van der Waals surface area contributed by atoms with E-state index < -0.39 is 43.6 Å². The van der Waals surface area contributed by atoms with Crippen LogP contribution in [0.4, 0.5) is 23.2 Å². The first kappa shape index (κ1) is 80.2. The third-order valence-corrected chi connectivity index (χ3v) is 25.1. The van der Waals surface area contributed by atoms with Crippen LogP contribution >= 0.6 is 7.60 Å². The molecule has 21 atom stereocenters. The Kier molecular flexibility index (Phi) is 27.6. The fraction of sp³-hybridized carbons (Fsp3) is 0.595. The van der Waals surface area contributed by atoms with Gasteiger partial charge in [0, 0.05) is 59.4 Å². The maximum atomic E-state index is 13.6. The number of carboxylic acids is 2. The molecule has 2 aromatic heterocycles. The monoisotopic (exact) mass is 1490 g/mol. The molecule has 9 fully saturated rings. The standard InChI is InChI=1S/C29H33FN2O4.2C17H25NO6.C16H19FNO3P/c1-3-35-29(34)32-23-10-11-24-20(14-23)15-26-27(17(2)36-28(26)33)25(24)12-9-22-8-7-19(16-31-22)18-5-4-6-21(30)13-18;2*1-3-23-17(22)18-10-4-5-11-9(6-10)7-12-13(14(11)15(19)20)8(2)24-16(12)21;1-3-20-22(19,21-4-2)12-16-9-8-14(11-18-16)13-6-5-7-15(17)10-13/h4-9,12-13,16-17,20,23-27H,3,10-11,14-15H2,1-2H3,(H,32,34);2*8-14H,3-7H2,1-2H3,(H,18,22)(H,19,20);5-11H,3-4,12H2,1-2H3/b12-9+;;;/t17-,20+,23-,24-,25+,26-,27+;2*8-,9+,10-,11-,12-,13-,14+;/m111./s1. The summed E-state index contributed by atoms with van der Waals surface area (Å²) in [6.07, 6.45) is 14.9. The molecule has 2 aromatic carbocycles. The van der Waals surface area contributed by atoms with Crippen molar-refractivity contribution < 1.29 is 99.4 Å². The second-order valence-electron chi connectivity index (χ2n) is 29.4. The summed E-state index contributed by atoms with van der Waals surface area (Å²) in [7, 11) is -3.16. The second-order valence-corrected chi connectivity index (χ2v) is 31.4. The van der Waals surface area contributed by atoms with Crippen LogP contribution in [-0.4, -0.2) is 138 Å². The van der Waals surface area contributed by atoms with E-state index in [2.05, 4.69) is 32.0 Å². The zero-order chi connectivity index (χ0) is 76.1. The van der Waals surface area contributed by atoms with Crippen LogP contribution in [0.15, 0.2) is 91.3 Å². The lowest BCUT2D eigenvalue weighted by atomic mass is 9.57. The molecule has 27 heteroatoms. The highest BCUT2D eigenvalue weighted by Crippen LogP contribution is 2.57. The number of aromatic nitrogens is 2. The number of benzene rings is 2. The lowest BCUT2D eigenvalue weighted by Gasteiger charge is -2.47. The highest BCUT2D eigenvalue weighted by atomic mass is 31.2. The predicted molar refractivity (Wildman–Crippen MR) is 384 cm³/mol. The maximum Gasteiger partial charge on any atom is 0.407 e. The van der Waals surface area contributed by atoms with Crippen LogP contribution in [0.3, 0.4) is 0 Å². The van der Waals surface area contributed by atoms with Crippen molar-refractivity contribution in [3.63, 3.8) is 0 Å². The third kappa shape index (κ3) is 19.5. The van der Waals surface area contributed by atoms with Crippen molar-refractivity contribution in [3.05, 3.63) is 114 Å². The molecular weight excluding hydrogens is 1390 g/mol. The molecular formula is C79H102F2N5O19P. The Bertz CT molecular complexity index is 3710. The SMILES string of the molecule is CCOC(=O)N[C@@H]1CC[C@@H]2[C@@H](C1)C[C@H]1C(=O)O[C@H](C)[C@H]1[C@H]2/C=C/c1ccc(-c2cccc(F)c2)cn1.CCOC(=O)N[C@@H]1CC[C@@H]2[C@@H](C1)C[C@H]1C(=O)O[C@H](C)[C@H]1[C@H]2C(=O)O.CCOC(=O)N[C@@H]1CC[C@@H]2[C@@H](C1)C[C@H]1C(=O)O[C@H](C)[C@H]1[C@H]2C(=O)O.CCOP(=O)(Cc1ccc(-c2cccc(F)c2)cn1)OCC. The second kappa shape index (κ2) is 36.5. The van der Waals surface area contributed by atoms with Gasteiger partial charge in [0.15, 0.2) is 0 Å². The number of carbonyl (C=O) groups excluding carboxylic acids is 6. The van der Waals surface area contributed by atoms with E-state index in [4.69, 9.17) is 37.5 Å². The van der Waals surface area contributed by atoms with E-state index in [1.807, 2.05) is 43.3 Å². The van der Waals surface area contributed by atoms with Crippen LogP contribution < -0.4 is 16.0 Å². The van der Waals surface area contributed by atoms with E-state index in [0.717, 1.165) is 79.3 Å². The molecule has 6 aliphatic carbocycles. The number of hydrogen-bond donors (Lipinski definition) is 5. The van der Waals surface area contributed by atoms with E-state index >= 15 is 0 Å². The Hall–Kier alpha value is -8.35. The number of carboxylic acid groups (broad SMARTS) is 2.